The molecule has 2 aromatic rings. The second-order valence-electron chi connectivity index (χ2n) is 3.47. The number of aryl methyl sites for hydroxylation is 1. The fourth-order valence-electron chi connectivity index (χ4n) is 1.66. The second kappa shape index (κ2) is 4.30. The van der Waals surface area contributed by atoms with Gasteiger partial charge in [0.05, 0.1) is 16.5 Å². The zero-order chi connectivity index (χ0) is 11.5. The number of thiophene rings is 1. The average molecular weight is 227 g/mol. The van der Waals surface area contributed by atoms with Gasteiger partial charge in [-0.15, -0.1) is 11.3 Å². The van der Waals surface area contributed by atoms with Crippen LogP contribution >= 0.6 is 11.3 Å². The van der Waals surface area contributed by atoms with Crippen LogP contribution in [-0.4, -0.2) is 6.29 Å². The molecule has 1 aromatic heterocycles. The van der Waals surface area contributed by atoms with Gasteiger partial charge in [-0.1, -0.05) is 12.1 Å². The van der Waals surface area contributed by atoms with Crippen molar-refractivity contribution in [1.82, 2.24) is 0 Å². The first-order valence-corrected chi connectivity index (χ1v) is 5.68. The number of rotatable bonds is 2. The van der Waals surface area contributed by atoms with Crippen LogP contribution in [0.4, 0.5) is 0 Å². The quantitative estimate of drug-likeness (QED) is 0.738. The summed E-state index contributed by atoms with van der Waals surface area (Å²) >= 11 is 1.43. The number of hydrogen-bond donors (Lipinski definition) is 0. The number of nitriles is 1. The summed E-state index contributed by atoms with van der Waals surface area (Å²) in [6.07, 6.45) is 0.867. The number of carbonyl (C=O) groups is 1. The first-order chi connectivity index (χ1) is 7.76. The number of benzene rings is 1. The van der Waals surface area contributed by atoms with Crippen molar-refractivity contribution >= 4 is 17.6 Å². The van der Waals surface area contributed by atoms with E-state index in [1.165, 1.54) is 11.3 Å². The molecule has 0 bridgehead atoms. The Kier molecular flexibility index (Phi) is 2.84. The van der Waals surface area contributed by atoms with Crippen molar-refractivity contribution in [3.63, 3.8) is 0 Å². The molecule has 0 fully saturated rings. The van der Waals surface area contributed by atoms with Gasteiger partial charge in [0.1, 0.15) is 0 Å². The Morgan fingerprint density at radius 1 is 1.44 bits per heavy atom. The summed E-state index contributed by atoms with van der Waals surface area (Å²) in [5.74, 6) is 0. The van der Waals surface area contributed by atoms with Crippen molar-refractivity contribution in [3.05, 3.63) is 45.6 Å². The fourth-order valence-corrected chi connectivity index (χ4v) is 2.54. The number of carbonyl (C=O) groups excluding carboxylic acids is 1. The van der Waals surface area contributed by atoms with Crippen LogP contribution in [0.2, 0.25) is 0 Å². The standard InChI is InChI=1S/C13H9NOS/c1-9-8-16-12(7-15)13(9)11-4-2-3-10(5-11)6-14/h2-5,7-8H,1H3. The summed E-state index contributed by atoms with van der Waals surface area (Å²) in [5.41, 5.74) is 3.55. The predicted octanol–water partition coefficient (Wildman–Crippen LogP) is 3.41. The highest BCUT2D eigenvalue weighted by Gasteiger charge is 2.10. The van der Waals surface area contributed by atoms with Crippen molar-refractivity contribution in [1.29, 1.82) is 5.26 Å². The van der Waals surface area contributed by atoms with E-state index in [-0.39, 0.29) is 0 Å². The van der Waals surface area contributed by atoms with Crippen LogP contribution in [0.1, 0.15) is 20.8 Å². The van der Waals surface area contributed by atoms with Gasteiger partial charge >= 0.3 is 0 Å². The fraction of sp³-hybridized carbons (Fsp3) is 0.0769. The van der Waals surface area contributed by atoms with E-state index in [0.717, 1.165) is 23.0 Å². The second-order valence-corrected chi connectivity index (χ2v) is 4.38. The van der Waals surface area contributed by atoms with Crippen LogP contribution in [0.5, 0.6) is 0 Å². The van der Waals surface area contributed by atoms with Crippen molar-refractivity contribution in [2.75, 3.05) is 0 Å². The zero-order valence-corrected chi connectivity index (χ0v) is 9.54. The lowest BCUT2D eigenvalue weighted by Gasteiger charge is -2.02. The lowest BCUT2D eigenvalue weighted by atomic mass is 10.0. The third kappa shape index (κ3) is 1.75. The molecule has 3 heteroatoms. The van der Waals surface area contributed by atoms with E-state index in [1.807, 2.05) is 30.5 Å². The lowest BCUT2D eigenvalue weighted by Crippen LogP contribution is -1.84. The normalized spacial score (nSPS) is 9.75. The van der Waals surface area contributed by atoms with Crippen LogP contribution in [0.25, 0.3) is 11.1 Å². The molecule has 0 spiro atoms. The molecule has 0 aliphatic heterocycles. The molecule has 0 aliphatic rings. The van der Waals surface area contributed by atoms with E-state index in [0.29, 0.717) is 10.4 Å². The molecule has 0 radical (unpaired) electrons. The Morgan fingerprint density at radius 2 is 2.25 bits per heavy atom. The van der Waals surface area contributed by atoms with E-state index in [4.69, 9.17) is 5.26 Å². The summed E-state index contributed by atoms with van der Waals surface area (Å²) in [4.78, 5) is 11.6. The van der Waals surface area contributed by atoms with Crippen LogP contribution in [0.3, 0.4) is 0 Å². The highest BCUT2D eigenvalue weighted by atomic mass is 32.1. The van der Waals surface area contributed by atoms with E-state index in [2.05, 4.69) is 6.07 Å². The highest BCUT2D eigenvalue weighted by molar-refractivity contribution is 7.12. The van der Waals surface area contributed by atoms with Gasteiger partial charge in [-0.3, -0.25) is 4.79 Å². The Balaban J connectivity index is 2.62. The summed E-state index contributed by atoms with van der Waals surface area (Å²) in [5, 5.41) is 10.8. The Morgan fingerprint density at radius 3 is 2.94 bits per heavy atom. The molecule has 0 N–H and O–H groups in total. The lowest BCUT2D eigenvalue weighted by molar-refractivity contribution is 0.112. The molecule has 2 nitrogen and oxygen atoms in total. The topological polar surface area (TPSA) is 40.9 Å². The van der Waals surface area contributed by atoms with Crippen molar-refractivity contribution in [2.45, 2.75) is 6.92 Å². The highest BCUT2D eigenvalue weighted by Crippen LogP contribution is 2.31. The van der Waals surface area contributed by atoms with E-state index in [1.54, 1.807) is 6.07 Å². The SMILES string of the molecule is Cc1csc(C=O)c1-c1cccc(C#N)c1. The average Bonchev–Trinajstić information content (AvgIpc) is 2.70. The summed E-state index contributed by atoms with van der Waals surface area (Å²) in [6.45, 7) is 1.97. The molecule has 2 rings (SSSR count). The molecular weight excluding hydrogens is 218 g/mol. The predicted molar refractivity (Wildman–Crippen MR) is 64.6 cm³/mol. The third-order valence-electron chi connectivity index (χ3n) is 2.39. The third-order valence-corrected chi connectivity index (χ3v) is 3.42. The van der Waals surface area contributed by atoms with Gasteiger partial charge in [-0.25, -0.2) is 0 Å². The smallest absolute Gasteiger partial charge is 0.160 e. The maximum atomic E-state index is 10.9. The zero-order valence-electron chi connectivity index (χ0n) is 8.73. The first kappa shape index (κ1) is 10.6. The molecule has 0 saturated carbocycles. The minimum Gasteiger partial charge on any atom is -0.297 e. The Hall–Kier alpha value is -1.92. The molecule has 1 aromatic carbocycles. The van der Waals surface area contributed by atoms with Gasteiger partial charge in [0.15, 0.2) is 6.29 Å². The molecule has 0 aliphatic carbocycles. The van der Waals surface area contributed by atoms with E-state index >= 15 is 0 Å². The van der Waals surface area contributed by atoms with Crippen LogP contribution in [0, 0.1) is 18.3 Å². The van der Waals surface area contributed by atoms with Crippen LogP contribution in [0.15, 0.2) is 29.6 Å². The van der Waals surface area contributed by atoms with Crippen LogP contribution < -0.4 is 0 Å². The minimum atomic E-state index is 0.611. The molecule has 0 unspecified atom stereocenters. The van der Waals surface area contributed by atoms with Crippen molar-refractivity contribution in [3.8, 4) is 17.2 Å². The van der Waals surface area contributed by atoms with E-state index in [9.17, 15) is 4.79 Å². The van der Waals surface area contributed by atoms with Crippen molar-refractivity contribution in [2.24, 2.45) is 0 Å². The number of aldehydes is 1. The summed E-state index contributed by atoms with van der Waals surface area (Å²) in [6, 6.07) is 9.42. The van der Waals surface area contributed by atoms with E-state index < -0.39 is 0 Å². The number of hydrogen-bond acceptors (Lipinski definition) is 3. The summed E-state index contributed by atoms with van der Waals surface area (Å²) < 4.78 is 0. The molecule has 16 heavy (non-hydrogen) atoms. The molecular formula is C13H9NOS. The van der Waals surface area contributed by atoms with Crippen molar-refractivity contribution < 1.29 is 4.79 Å². The van der Waals surface area contributed by atoms with Crippen LogP contribution in [-0.2, 0) is 0 Å². The number of nitrogens with zero attached hydrogens (tertiary/aromatic N) is 1. The van der Waals surface area contributed by atoms with Gasteiger partial charge in [0, 0.05) is 5.56 Å². The Labute approximate surface area is 97.8 Å². The van der Waals surface area contributed by atoms with Gasteiger partial charge in [0.25, 0.3) is 0 Å². The minimum absolute atomic E-state index is 0.611. The Bertz CT molecular complexity index is 578. The monoisotopic (exact) mass is 227 g/mol. The van der Waals surface area contributed by atoms with Gasteiger partial charge in [-0.2, -0.15) is 5.26 Å². The van der Waals surface area contributed by atoms with Gasteiger partial charge < -0.3 is 0 Å². The molecule has 1 heterocycles. The molecule has 0 saturated heterocycles. The molecule has 78 valence electrons. The molecule has 0 amide bonds. The largest absolute Gasteiger partial charge is 0.297 e. The van der Waals surface area contributed by atoms with Gasteiger partial charge in [0.2, 0.25) is 0 Å². The maximum Gasteiger partial charge on any atom is 0.160 e. The van der Waals surface area contributed by atoms with Gasteiger partial charge in [-0.05, 0) is 35.6 Å². The first-order valence-electron chi connectivity index (χ1n) is 4.80. The maximum absolute atomic E-state index is 10.9. The molecule has 0 atom stereocenters. The summed E-state index contributed by atoms with van der Waals surface area (Å²) in [7, 11) is 0.